The zero-order valence-electron chi connectivity index (χ0n) is 9.21. The van der Waals surface area contributed by atoms with Gasteiger partial charge in [0, 0.05) is 4.86 Å². The number of benzene rings is 1. The smallest absolute Gasteiger partial charge is 0.0193 e. The van der Waals surface area contributed by atoms with E-state index in [1.807, 2.05) is 19.1 Å². The molecule has 0 atom stereocenters. The number of rotatable bonds is 1. The van der Waals surface area contributed by atoms with Crippen LogP contribution in [0.4, 0.5) is 0 Å². The number of hydrogen-bond acceptors (Lipinski definition) is 1. The van der Waals surface area contributed by atoms with Crippen LogP contribution in [0.5, 0.6) is 0 Å². The molecule has 2 rings (SSSR count). The molecule has 0 spiro atoms. The molecular formula is C13H18S. The highest BCUT2D eigenvalue weighted by molar-refractivity contribution is 7.80. The average molecular weight is 206 g/mol. The first-order chi connectivity index (χ1) is 6.59. The van der Waals surface area contributed by atoms with Gasteiger partial charge in [0.05, 0.1) is 0 Å². The topological polar surface area (TPSA) is 0 Å². The van der Waals surface area contributed by atoms with E-state index in [1.54, 1.807) is 0 Å². The lowest BCUT2D eigenvalue weighted by Crippen LogP contribution is -1.89. The summed E-state index contributed by atoms with van der Waals surface area (Å²) in [5.74, 6) is 1.08. The maximum Gasteiger partial charge on any atom is 0.0193 e. The van der Waals surface area contributed by atoms with Crippen molar-refractivity contribution in [2.24, 2.45) is 5.92 Å². The molecule has 1 aromatic carbocycles. The van der Waals surface area contributed by atoms with E-state index in [1.165, 1.54) is 18.4 Å². The van der Waals surface area contributed by atoms with Gasteiger partial charge in [0.25, 0.3) is 0 Å². The Morgan fingerprint density at radius 2 is 1.93 bits per heavy atom. The molecule has 14 heavy (non-hydrogen) atoms. The van der Waals surface area contributed by atoms with Crippen LogP contribution in [0.15, 0.2) is 24.3 Å². The number of hydrogen-bond donors (Lipinski definition) is 0. The minimum absolute atomic E-state index is 0.962. The van der Waals surface area contributed by atoms with Crippen molar-refractivity contribution >= 4 is 17.1 Å². The third-order valence-corrected chi connectivity index (χ3v) is 2.53. The van der Waals surface area contributed by atoms with E-state index < -0.39 is 0 Å². The lowest BCUT2D eigenvalue weighted by atomic mass is 10.1. The van der Waals surface area contributed by atoms with Gasteiger partial charge in [-0.1, -0.05) is 61.8 Å². The number of aryl methyl sites for hydroxylation is 1. The van der Waals surface area contributed by atoms with Gasteiger partial charge < -0.3 is 0 Å². The molecule has 1 heteroatoms. The van der Waals surface area contributed by atoms with Crippen molar-refractivity contribution in [1.82, 2.24) is 0 Å². The summed E-state index contributed by atoms with van der Waals surface area (Å²) in [7, 11) is 0. The third-order valence-electron chi connectivity index (χ3n) is 2.29. The Labute approximate surface area is 92.3 Å². The van der Waals surface area contributed by atoms with E-state index in [-0.39, 0.29) is 0 Å². The molecule has 76 valence electrons. The average Bonchev–Trinajstić information content (AvgIpc) is 2.89. The van der Waals surface area contributed by atoms with Gasteiger partial charge in [0.15, 0.2) is 0 Å². The van der Waals surface area contributed by atoms with Gasteiger partial charge in [0.1, 0.15) is 0 Å². The van der Waals surface area contributed by atoms with Gasteiger partial charge in [-0.25, -0.2) is 0 Å². The molecule has 0 bridgehead atoms. The van der Waals surface area contributed by atoms with Crippen LogP contribution >= 0.6 is 12.2 Å². The van der Waals surface area contributed by atoms with Crippen molar-refractivity contribution in [3.8, 4) is 0 Å². The van der Waals surface area contributed by atoms with Crippen molar-refractivity contribution < 1.29 is 0 Å². The van der Waals surface area contributed by atoms with Crippen LogP contribution in [0, 0.1) is 12.8 Å². The fraction of sp³-hybridized carbons (Fsp3) is 0.462. The van der Waals surface area contributed by atoms with Gasteiger partial charge in [-0.15, -0.1) is 0 Å². The third kappa shape index (κ3) is 4.52. The molecule has 0 unspecified atom stereocenters. The maximum atomic E-state index is 5.02. The van der Waals surface area contributed by atoms with Crippen LogP contribution in [0.3, 0.4) is 0 Å². The first-order valence-corrected chi connectivity index (χ1v) is 5.58. The van der Waals surface area contributed by atoms with E-state index in [0.717, 1.165) is 16.3 Å². The second-order valence-corrected chi connectivity index (χ2v) is 4.72. The molecule has 1 aliphatic carbocycles. The summed E-state index contributed by atoms with van der Waals surface area (Å²) >= 11 is 5.02. The molecule has 0 nitrogen and oxygen atoms in total. The van der Waals surface area contributed by atoms with Crippen LogP contribution in [0.25, 0.3) is 0 Å². The highest BCUT2D eigenvalue weighted by Crippen LogP contribution is 2.26. The van der Waals surface area contributed by atoms with E-state index in [2.05, 4.69) is 26.0 Å². The molecule has 1 aromatic rings. The van der Waals surface area contributed by atoms with Crippen LogP contribution in [-0.4, -0.2) is 4.86 Å². The predicted octanol–water partition coefficient (Wildman–Crippen LogP) is 4.15. The molecular weight excluding hydrogens is 188 g/mol. The second kappa shape index (κ2) is 5.26. The Morgan fingerprint density at radius 1 is 1.36 bits per heavy atom. The normalized spacial score (nSPS) is 14.2. The quantitative estimate of drug-likeness (QED) is 0.491. The van der Waals surface area contributed by atoms with E-state index in [0.29, 0.717) is 0 Å². The van der Waals surface area contributed by atoms with Crippen molar-refractivity contribution in [3.05, 3.63) is 35.4 Å². The molecule has 0 amide bonds. The summed E-state index contributed by atoms with van der Waals surface area (Å²) < 4.78 is 0. The SMILES string of the molecule is CC(=S)c1cccc(C)c1.CC1CC1. The van der Waals surface area contributed by atoms with E-state index in [4.69, 9.17) is 12.2 Å². The highest BCUT2D eigenvalue weighted by Gasteiger charge is 2.12. The second-order valence-electron chi connectivity index (χ2n) is 4.11. The molecule has 1 saturated carbocycles. The van der Waals surface area contributed by atoms with Crippen LogP contribution < -0.4 is 0 Å². The van der Waals surface area contributed by atoms with Crippen molar-refractivity contribution in [2.45, 2.75) is 33.6 Å². The highest BCUT2D eigenvalue weighted by atomic mass is 32.1. The molecule has 1 fully saturated rings. The first-order valence-electron chi connectivity index (χ1n) is 5.17. The molecule has 0 radical (unpaired) electrons. The maximum absolute atomic E-state index is 5.02. The van der Waals surface area contributed by atoms with Gasteiger partial charge in [0.2, 0.25) is 0 Å². The largest absolute Gasteiger partial charge is 0.0846 e. The summed E-state index contributed by atoms with van der Waals surface area (Å²) in [6, 6.07) is 8.24. The van der Waals surface area contributed by atoms with Gasteiger partial charge >= 0.3 is 0 Å². The standard InChI is InChI=1S/C9H10S.C4H8/c1-7-4-3-5-9(6-7)8(2)10;1-4-2-3-4/h3-6H,1-2H3;4H,2-3H2,1H3. The minimum Gasteiger partial charge on any atom is -0.0846 e. The molecule has 0 aliphatic heterocycles. The van der Waals surface area contributed by atoms with Crippen molar-refractivity contribution in [3.63, 3.8) is 0 Å². The fourth-order valence-electron chi connectivity index (χ4n) is 1.03. The van der Waals surface area contributed by atoms with E-state index >= 15 is 0 Å². The Morgan fingerprint density at radius 3 is 2.21 bits per heavy atom. The summed E-state index contributed by atoms with van der Waals surface area (Å²) in [6.45, 7) is 6.30. The molecule has 0 heterocycles. The first kappa shape index (κ1) is 11.4. The van der Waals surface area contributed by atoms with E-state index in [9.17, 15) is 0 Å². The van der Waals surface area contributed by atoms with Crippen LogP contribution in [0.1, 0.15) is 37.8 Å². The van der Waals surface area contributed by atoms with Crippen LogP contribution in [-0.2, 0) is 0 Å². The number of thiocarbonyl (C=S) groups is 1. The zero-order chi connectivity index (χ0) is 10.6. The summed E-state index contributed by atoms with van der Waals surface area (Å²) in [4.78, 5) is 0.962. The zero-order valence-corrected chi connectivity index (χ0v) is 10.0. The Hall–Kier alpha value is -0.690. The van der Waals surface area contributed by atoms with Crippen LogP contribution in [0.2, 0.25) is 0 Å². The molecule has 0 aromatic heterocycles. The Balaban J connectivity index is 0.000000203. The molecule has 0 saturated heterocycles. The summed E-state index contributed by atoms with van der Waals surface area (Å²) in [6.07, 6.45) is 2.97. The van der Waals surface area contributed by atoms with Crippen molar-refractivity contribution in [2.75, 3.05) is 0 Å². The Bertz CT molecular complexity index is 311. The van der Waals surface area contributed by atoms with Gasteiger partial charge in [-0.05, 0) is 25.3 Å². The van der Waals surface area contributed by atoms with Crippen molar-refractivity contribution in [1.29, 1.82) is 0 Å². The van der Waals surface area contributed by atoms with Gasteiger partial charge in [-0.2, -0.15) is 0 Å². The molecule has 1 aliphatic rings. The lowest BCUT2D eigenvalue weighted by Gasteiger charge is -1.97. The monoisotopic (exact) mass is 206 g/mol. The minimum atomic E-state index is 0.962. The fourth-order valence-corrected chi connectivity index (χ4v) is 1.16. The van der Waals surface area contributed by atoms with Gasteiger partial charge in [-0.3, -0.25) is 0 Å². The molecule has 0 N–H and O–H groups in total. The summed E-state index contributed by atoms with van der Waals surface area (Å²) in [5, 5.41) is 0. The Kier molecular flexibility index (Phi) is 4.27. The predicted molar refractivity (Wildman–Crippen MR) is 67.0 cm³/mol. The lowest BCUT2D eigenvalue weighted by molar-refractivity contribution is 0.983. The summed E-state index contributed by atoms with van der Waals surface area (Å²) in [5.41, 5.74) is 2.43.